The molecule has 0 nitrogen and oxygen atoms in total. The first-order valence-electron chi connectivity index (χ1n) is 4.27. The maximum Gasteiger partial charge on any atom is 0.0175 e. The van der Waals surface area contributed by atoms with Gasteiger partial charge in [-0.2, -0.15) is 0 Å². The third-order valence-electron chi connectivity index (χ3n) is 2.00. The Balaban J connectivity index is 2.44. The van der Waals surface area contributed by atoms with Crippen molar-refractivity contribution in [3.05, 3.63) is 56.6 Å². The number of hydrogen-bond acceptors (Lipinski definition) is 0. The fraction of sp³-hybridized carbons (Fsp3) is 0. The van der Waals surface area contributed by atoms with E-state index in [0.717, 1.165) is 4.47 Å². The largest absolute Gasteiger partial charge is 0.0606 e. The molecule has 0 saturated carbocycles. The first-order valence-corrected chi connectivity index (χ1v) is 6.14. The molecule has 0 radical (unpaired) electrons. The fourth-order valence-electron chi connectivity index (χ4n) is 1.31. The Morgan fingerprint density at radius 2 is 1.57 bits per heavy atom. The van der Waals surface area contributed by atoms with Crippen LogP contribution in [0.5, 0.6) is 0 Å². The van der Waals surface area contributed by atoms with E-state index in [-0.39, 0.29) is 0 Å². The normalized spacial score (nSPS) is 10.1. The van der Waals surface area contributed by atoms with E-state index in [9.17, 15) is 0 Å². The van der Waals surface area contributed by atoms with Gasteiger partial charge in [0.2, 0.25) is 0 Å². The summed E-state index contributed by atoms with van der Waals surface area (Å²) in [6.07, 6.45) is 0. The second-order valence-corrected chi connectivity index (χ2v) is 5.18. The summed E-state index contributed by atoms with van der Waals surface area (Å²) in [4.78, 5) is 0. The molecule has 0 bridgehead atoms. The lowest BCUT2D eigenvalue weighted by Gasteiger charge is -2.01. The van der Waals surface area contributed by atoms with Crippen LogP contribution in [0.1, 0.15) is 0 Å². The van der Waals surface area contributed by atoms with Crippen molar-refractivity contribution in [1.82, 2.24) is 0 Å². The second kappa shape index (κ2) is 4.45. The maximum absolute atomic E-state index is 3.43. The van der Waals surface area contributed by atoms with Gasteiger partial charge < -0.3 is 0 Å². The van der Waals surface area contributed by atoms with E-state index in [1.54, 1.807) is 0 Å². The van der Waals surface area contributed by atoms with E-state index in [4.69, 9.17) is 0 Å². The Morgan fingerprint density at radius 1 is 0.857 bits per heavy atom. The molecule has 0 aliphatic heterocycles. The summed E-state index contributed by atoms with van der Waals surface area (Å²) < 4.78 is 2.38. The molecule has 0 N–H and O–H groups in total. The quantitative estimate of drug-likeness (QED) is 0.647. The van der Waals surface area contributed by atoms with Gasteiger partial charge in [0, 0.05) is 8.04 Å². The van der Waals surface area contributed by atoms with Crippen molar-refractivity contribution in [2.75, 3.05) is 0 Å². The highest BCUT2D eigenvalue weighted by Crippen LogP contribution is 2.22. The van der Waals surface area contributed by atoms with E-state index in [2.05, 4.69) is 87.1 Å². The molecule has 0 aliphatic rings. The summed E-state index contributed by atoms with van der Waals surface area (Å²) in [5, 5.41) is 0. The SMILES string of the molecule is Brc1ccc(-c2cccc(I)c2)cc1. The van der Waals surface area contributed by atoms with Gasteiger partial charge in [-0.15, -0.1) is 0 Å². The van der Waals surface area contributed by atoms with Gasteiger partial charge in [0.05, 0.1) is 0 Å². The third-order valence-corrected chi connectivity index (χ3v) is 3.20. The van der Waals surface area contributed by atoms with Crippen molar-refractivity contribution in [2.24, 2.45) is 0 Å². The lowest BCUT2D eigenvalue weighted by Crippen LogP contribution is -1.78. The zero-order valence-electron chi connectivity index (χ0n) is 7.37. The van der Waals surface area contributed by atoms with Crippen LogP contribution in [0.4, 0.5) is 0 Å². The predicted molar refractivity (Wildman–Crippen MR) is 72.3 cm³/mol. The van der Waals surface area contributed by atoms with Crippen molar-refractivity contribution in [3.8, 4) is 11.1 Å². The van der Waals surface area contributed by atoms with Crippen LogP contribution < -0.4 is 0 Å². The van der Waals surface area contributed by atoms with E-state index in [1.165, 1.54) is 14.7 Å². The molecule has 2 aromatic carbocycles. The van der Waals surface area contributed by atoms with Crippen LogP contribution in [-0.2, 0) is 0 Å². The summed E-state index contributed by atoms with van der Waals surface area (Å²) in [5.74, 6) is 0. The highest BCUT2D eigenvalue weighted by Gasteiger charge is 1.97. The van der Waals surface area contributed by atoms with Crippen LogP contribution in [0.15, 0.2) is 53.0 Å². The third kappa shape index (κ3) is 2.36. The summed E-state index contributed by atoms with van der Waals surface area (Å²) in [6.45, 7) is 0. The molecule has 2 rings (SSSR count). The number of rotatable bonds is 1. The number of halogens is 2. The highest BCUT2D eigenvalue weighted by molar-refractivity contribution is 14.1. The molecule has 2 aromatic rings. The first kappa shape index (κ1) is 10.2. The molecule has 0 unspecified atom stereocenters. The number of benzene rings is 2. The van der Waals surface area contributed by atoms with E-state index in [1.807, 2.05) is 0 Å². The predicted octanol–water partition coefficient (Wildman–Crippen LogP) is 4.72. The zero-order chi connectivity index (χ0) is 9.97. The minimum absolute atomic E-state index is 1.12. The smallest absolute Gasteiger partial charge is 0.0175 e. The average molecular weight is 359 g/mol. The molecule has 0 fully saturated rings. The van der Waals surface area contributed by atoms with Crippen LogP contribution in [0.3, 0.4) is 0 Å². The monoisotopic (exact) mass is 358 g/mol. The summed E-state index contributed by atoms with van der Waals surface area (Å²) >= 11 is 5.76. The maximum atomic E-state index is 3.43. The van der Waals surface area contributed by atoms with E-state index < -0.39 is 0 Å². The molecule has 2 heteroatoms. The topological polar surface area (TPSA) is 0 Å². The van der Waals surface area contributed by atoms with Crippen LogP contribution in [0.2, 0.25) is 0 Å². The van der Waals surface area contributed by atoms with Crippen molar-refractivity contribution in [2.45, 2.75) is 0 Å². The van der Waals surface area contributed by atoms with Crippen molar-refractivity contribution in [1.29, 1.82) is 0 Å². The van der Waals surface area contributed by atoms with E-state index >= 15 is 0 Å². The molecule has 0 amide bonds. The average Bonchev–Trinajstić information content (AvgIpc) is 2.19. The van der Waals surface area contributed by atoms with Crippen molar-refractivity contribution < 1.29 is 0 Å². The van der Waals surface area contributed by atoms with Gasteiger partial charge in [-0.05, 0) is 58.0 Å². The fourth-order valence-corrected chi connectivity index (χ4v) is 2.12. The molecule has 0 heterocycles. The Bertz CT molecular complexity index is 434. The van der Waals surface area contributed by atoms with Crippen LogP contribution in [-0.4, -0.2) is 0 Å². The van der Waals surface area contributed by atoms with Gasteiger partial charge >= 0.3 is 0 Å². The molecule has 0 aromatic heterocycles. The molecule has 0 aliphatic carbocycles. The molecule has 14 heavy (non-hydrogen) atoms. The molecule has 0 spiro atoms. The second-order valence-electron chi connectivity index (χ2n) is 3.02. The standard InChI is InChI=1S/C12H8BrI/c13-11-6-4-9(5-7-11)10-2-1-3-12(14)8-10/h1-8H. The Morgan fingerprint density at radius 3 is 2.21 bits per heavy atom. The van der Waals surface area contributed by atoms with Crippen LogP contribution >= 0.6 is 38.5 Å². The molecule has 70 valence electrons. The minimum Gasteiger partial charge on any atom is -0.0606 e. The molecule has 0 atom stereocenters. The van der Waals surface area contributed by atoms with Gasteiger partial charge in [0.1, 0.15) is 0 Å². The lowest BCUT2D eigenvalue weighted by molar-refractivity contribution is 1.57. The molecule has 0 saturated heterocycles. The van der Waals surface area contributed by atoms with Gasteiger partial charge in [0.15, 0.2) is 0 Å². The molecular weight excluding hydrogens is 351 g/mol. The minimum atomic E-state index is 1.12. The number of hydrogen-bond donors (Lipinski definition) is 0. The Labute approximate surface area is 106 Å². The van der Waals surface area contributed by atoms with Crippen molar-refractivity contribution >= 4 is 38.5 Å². The summed E-state index contributed by atoms with van der Waals surface area (Å²) in [7, 11) is 0. The van der Waals surface area contributed by atoms with Crippen molar-refractivity contribution in [3.63, 3.8) is 0 Å². The molecular formula is C12H8BrI. The Hall–Kier alpha value is -0.350. The summed E-state index contributed by atoms with van der Waals surface area (Å²) in [5.41, 5.74) is 2.52. The first-order chi connectivity index (χ1) is 6.75. The van der Waals surface area contributed by atoms with Gasteiger partial charge in [-0.1, -0.05) is 40.2 Å². The van der Waals surface area contributed by atoms with Gasteiger partial charge in [-0.3, -0.25) is 0 Å². The van der Waals surface area contributed by atoms with Gasteiger partial charge in [-0.25, -0.2) is 0 Å². The zero-order valence-corrected chi connectivity index (χ0v) is 11.1. The Kier molecular flexibility index (Phi) is 3.23. The highest BCUT2D eigenvalue weighted by atomic mass is 127. The van der Waals surface area contributed by atoms with Crippen LogP contribution in [0.25, 0.3) is 11.1 Å². The van der Waals surface area contributed by atoms with Gasteiger partial charge in [0.25, 0.3) is 0 Å². The van der Waals surface area contributed by atoms with Crippen LogP contribution in [0, 0.1) is 3.57 Å². The summed E-state index contributed by atoms with van der Waals surface area (Å²) in [6, 6.07) is 16.9. The van der Waals surface area contributed by atoms with E-state index in [0.29, 0.717) is 0 Å². The lowest BCUT2D eigenvalue weighted by atomic mass is 10.1.